The first kappa shape index (κ1) is 28.9. The Kier molecular flexibility index (Phi) is 17.0. The Balaban J connectivity index is 4.15. The van der Waals surface area contributed by atoms with Crippen molar-refractivity contribution in [2.24, 2.45) is 11.3 Å². The van der Waals surface area contributed by atoms with Crippen molar-refractivity contribution in [2.45, 2.75) is 138 Å². The Bertz CT molecular complexity index is 442. The minimum Gasteiger partial charge on any atom is -0.465 e. The molecule has 4 heteroatoms. The van der Waals surface area contributed by atoms with E-state index in [1.807, 2.05) is 20.8 Å². The van der Waals surface area contributed by atoms with Gasteiger partial charge in [0, 0.05) is 0 Å². The van der Waals surface area contributed by atoms with Crippen LogP contribution in [-0.2, 0) is 19.1 Å². The fraction of sp³-hybridized carbons (Fsp3) is 0.923. The van der Waals surface area contributed by atoms with Gasteiger partial charge in [-0.2, -0.15) is 0 Å². The van der Waals surface area contributed by atoms with Gasteiger partial charge in [0.1, 0.15) is 6.10 Å². The third kappa shape index (κ3) is 10.8. The first-order chi connectivity index (χ1) is 14.4. The molecule has 0 aliphatic carbocycles. The minimum absolute atomic E-state index is 0.195. The largest absolute Gasteiger partial charge is 0.465 e. The average molecular weight is 427 g/mol. The van der Waals surface area contributed by atoms with Crippen LogP contribution >= 0.6 is 0 Å². The van der Waals surface area contributed by atoms with E-state index in [0.29, 0.717) is 19.4 Å². The Labute approximate surface area is 186 Å². The predicted molar refractivity (Wildman–Crippen MR) is 125 cm³/mol. The minimum atomic E-state index is -1.17. The number of hydrogen-bond donors (Lipinski definition) is 0. The molecule has 0 aromatic rings. The summed E-state index contributed by atoms with van der Waals surface area (Å²) in [6, 6.07) is 0. The number of rotatable bonds is 19. The first-order valence-corrected chi connectivity index (χ1v) is 12.8. The average Bonchev–Trinajstić information content (AvgIpc) is 2.75. The number of unbranched alkanes of at least 4 members (excludes halogenated alkanes) is 10. The zero-order chi connectivity index (χ0) is 22.8. The standard InChI is InChI=1S/C26H50O4/c1-7-11-12-13-14-15-16-17-18-19-20-21-29-24(27)26(9-3,10-4)25(28)30-23(6)22(5)8-2/h22-23H,7-21H2,1-6H3. The molecule has 0 saturated heterocycles. The summed E-state index contributed by atoms with van der Waals surface area (Å²) >= 11 is 0. The zero-order valence-corrected chi connectivity index (χ0v) is 20.9. The van der Waals surface area contributed by atoms with Crippen molar-refractivity contribution in [3.05, 3.63) is 0 Å². The first-order valence-electron chi connectivity index (χ1n) is 12.8. The summed E-state index contributed by atoms with van der Waals surface area (Å²) in [4.78, 5) is 25.5. The lowest BCUT2D eigenvalue weighted by Gasteiger charge is -2.30. The molecule has 4 nitrogen and oxygen atoms in total. The van der Waals surface area contributed by atoms with Gasteiger partial charge in [0.25, 0.3) is 0 Å². The summed E-state index contributed by atoms with van der Waals surface area (Å²) in [6.07, 6.45) is 15.4. The van der Waals surface area contributed by atoms with E-state index >= 15 is 0 Å². The van der Waals surface area contributed by atoms with Gasteiger partial charge in [-0.15, -0.1) is 0 Å². The second-order valence-electron chi connectivity index (χ2n) is 8.96. The summed E-state index contributed by atoms with van der Waals surface area (Å²) in [5.41, 5.74) is -1.17. The Hall–Kier alpha value is -1.06. The molecule has 0 N–H and O–H groups in total. The Morgan fingerprint density at radius 1 is 0.700 bits per heavy atom. The smallest absolute Gasteiger partial charge is 0.323 e. The van der Waals surface area contributed by atoms with Gasteiger partial charge in [-0.3, -0.25) is 9.59 Å². The number of carbonyl (C=O) groups excluding carboxylic acids is 2. The van der Waals surface area contributed by atoms with Crippen LogP contribution in [0, 0.1) is 11.3 Å². The van der Waals surface area contributed by atoms with E-state index in [1.54, 1.807) is 0 Å². The van der Waals surface area contributed by atoms with Crippen molar-refractivity contribution in [3.8, 4) is 0 Å². The molecule has 178 valence electrons. The quantitative estimate of drug-likeness (QED) is 0.121. The van der Waals surface area contributed by atoms with E-state index in [1.165, 1.54) is 57.8 Å². The molecule has 0 saturated carbocycles. The Morgan fingerprint density at radius 3 is 1.60 bits per heavy atom. The van der Waals surface area contributed by atoms with Crippen LogP contribution in [0.2, 0.25) is 0 Å². The monoisotopic (exact) mass is 426 g/mol. The van der Waals surface area contributed by atoms with Gasteiger partial charge in [0.05, 0.1) is 6.61 Å². The third-order valence-electron chi connectivity index (χ3n) is 6.71. The van der Waals surface area contributed by atoms with E-state index in [0.717, 1.165) is 19.3 Å². The molecule has 0 amide bonds. The second kappa shape index (κ2) is 17.6. The van der Waals surface area contributed by atoms with Gasteiger partial charge in [0.2, 0.25) is 0 Å². The van der Waals surface area contributed by atoms with Crippen molar-refractivity contribution in [3.63, 3.8) is 0 Å². The fourth-order valence-electron chi connectivity index (χ4n) is 3.71. The summed E-state index contributed by atoms with van der Waals surface area (Å²) < 4.78 is 11.2. The molecule has 2 atom stereocenters. The molecular weight excluding hydrogens is 376 g/mol. The van der Waals surface area contributed by atoms with Gasteiger partial charge in [-0.1, -0.05) is 105 Å². The normalized spacial score (nSPS) is 13.7. The third-order valence-corrected chi connectivity index (χ3v) is 6.71. The van der Waals surface area contributed by atoms with Crippen molar-refractivity contribution in [2.75, 3.05) is 6.61 Å². The van der Waals surface area contributed by atoms with Crippen molar-refractivity contribution in [1.29, 1.82) is 0 Å². The van der Waals surface area contributed by atoms with Gasteiger partial charge in [-0.25, -0.2) is 0 Å². The van der Waals surface area contributed by atoms with Gasteiger partial charge < -0.3 is 9.47 Å². The molecule has 0 heterocycles. The lowest BCUT2D eigenvalue weighted by molar-refractivity contribution is -0.177. The van der Waals surface area contributed by atoms with Crippen LogP contribution in [0.5, 0.6) is 0 Å². The van der Waals surface area contributed by atoms with Crippen LogP contribution < -0.4 is 0 Å². The molecule has 0 aromatic heterocycles. The van der Waals surface area contributed by atoms with Gasteiger partial charge in [-0.05, 0) is 32.1 Å². The second-order valence-corrected chi connectivity index (χ2v) is 8.96. The van der Waals surface area contributed by atoms with E-state index in [2.05, 4.69) is 20.8 Å². The summed E-state index contributed by atoms with van der Waals surface area (Å²) in [7, 11) is 0. The number of hydrogen-bond acceptors (Lipinski definition) is 4. The fourth-order valence-corrected chi connectivity index (χ4v) is 3.71. The zero-order valence-electron chi connectivity index (χ0n) is 20.9. The molecule has 0 rings (SSSR count). The number of esters is 2. The molecule has 0 aromatic carbocycles. The van der Waals surface area contributed by atoms with E-state index in [9.17, 15) is 9.59 Å². The van der Waals surface area contributed by atoms with Gasteiger partial charge in [0.15, 0.2) is 5.41 Å². The van der Waals surface area contributed by atoms with Crippen LogP contribution in [0.4, 0.5) is 0 Å². The number of ether oxygens (including phenoxy) is 2. The molecule has 0 aliphatic rings. The number of carbonyl (C=O) groups is 2. The summed E-state index contributed by atoms with van der Waals surface area (Å²) in [5, 5.41) is 0. The maximum absolute atomic E-state index is 12.8. The van der Waals surface area contributed by atoms with Crippen LogP contribution in [0.25, 0.3) is 0 Å². The lowest BCUT2D eigenvalue weighted by Crippen LogP contribution is -2.43. The van der Waals surface area contributed by atoms with Crippen LogP contribution in [0.3, 0.4) is 0 Å². The molecule has 30 heavy (non-hydrogen) atoms. The Morgan fingerprint density at radius 2 is 1.17 bits per heavy atom. The molecule has 0 fully saturated rings. The van der Waals surface area contributed by atoms with Gasteiger partial charge >= 0.3 is 11.9 Å². The maximum atomic E-state index is 12.8. The summed E-state index contributed by atoms with van der Waals surface area (Å²) in [5.74, 6) is -0.571. The summed E-state index contributed by atoms with van der Waals surface area (Å²) in [6.45, 7) is 12.4. The maximum Gasteiger partial charge on any atom is 0.323 e. The molecule has 0 bridgehead atoms. The van der Waals surface area contributed by atoms with Crippen molar-refractivity contribution < 1.29 is 19.1 Å². The molecular formula is C26H50O4. The van der Waals surface area contributed by atoms with E-state index < -0.39 is 17.4 Å². The highest BCUT2D eigenvalue weighted by Gasteiger charge is 2.46. The van der Waals surface area contributed by atoms with Crippen molar-refractivity contribution in [1.82, 2.24) is 0 Å². The highest BCUT2D eigenvalue weighted by Crippen LogP contribution is 2.31. The van der Waals surface area contributed by atoms with Crippen LogP contribution in [0.15, 0.2) is 0 Å². The van der Waals surface area contributed by atoms with E-state index in [-0.39, 0.29) is 12.0 Å². The topological polar surface area (TPSA) is 52.6 Å². The molecule has 0 radical (unpaired) electrons. The SMILES string of the molecule is CCCCCCCCCCCCCOC(=O)C(CC)(CC)C(=O)OC(C)C(C)CC. The van der Waals surface area contributed by atoms with E-state index in [4.69, 9.17) is 9.47 Å². The molecule has 0 spiro atoms. The van der Waals surface area contributed by atoms with Crippen LogP contribution in [-0.4, -0.2) is 24.6 Å². The van der Waals surface area contributed by atoms with Crippen LogP contribution in [0.1, 0.15) is 131 Å². The molecule has 2 unspecified atom stereocenters. The molecule has 0 aliphatic heterocycles. The highest BCUT2D eigenvalue weighted by atomic mass is 16.6. The van der Waals surface area contributed by atoms with Crippen molar-refractivity contribution >= 4 is 11.9 Å². The lowest BCUT2D eigenvalue weighted by atomic mass is 9.82. The predicted octanol–water partition coefficient (Wildman–Crippen LogP) is 7.62. The highest BCUT2D eigenvalue weighted by molar-refractivity contribution is 6.00.